The number of carbonyl (C=O) groups excluding carboxylic acids is 1. The fraction of sp³-hybridized carbons (Fsp3) is 0.0455. The van der Waals surface area contributed by atoms with Gasteiger partial charge in [-0.15, -0.1) is 0 Å². The molecule has 1 aliphatic carbocycles. The van der Waals surface area contributed by atoms with Gasteiger partial charge in [0.2, 0.25) is 0 Å². The minimum Gasteiger partial charge on any atom is -0.423 e. The first kappa shape index (κ1) is 14.5. The lowest BCUT2D eigenvalue weighted by Gasteiger charge is -2.13. The van der Waals surface area contributed by atoms with Gasteiger partial charge in [0.25, 0.3) is 0 Å². The highest BCUT2D eigenvalue weighted by Gasteiger charge is 2.25. The van der Waals surface area contributed by atoms with Crippen molar-refractivity contribution in [2.45, 2.75) is 6.42 Å². The Kier molecular flexibility index (Phi) is 3.51. The highest BCUT2D eigenvalue weighted by molar-refractivity contribution is 5.91. The molecule has 0 saturated heterocycles. The van der Waals surface area contributed by atoms with Crippen LogP contribution < -0.4 is 4.74 Å². The first-order valence-electron chi connectivity index (χ1n) is 7.92. The number of esters is 1. The van der Waals surface area contributed by atoms with Crippen LogP contribution in [0.5, 0.6) is 5.75 Å². The van der Waals surface area contributed by atoms with Crippen molar-refractivity contribution in [3.8, 4) is 28.0 Å². The lowest BCUT2D eigenvalue weighted by Crippen LogP contribution is -2.04. The second-order valence-electron chi connectivity index (χ2n) is 5.79. The number of hydrogen-bond donors (Lipinski definition) is 0. The summed E-state index contributed by atoms with van der Waals surface area (Å²) >= 11 is 0. The Morgan fingerprint density at radius 2 is 1.67 bits per heavy atom. The summed E-state index contributed by atoms with van der Waals surface area (Å²) in [6, 6.07) is 22.5. The van der Waals surface area contributed by atoms with Crippen molar-refractivity contribution in [2.24, 2.45) is 0 Å². The van der Waals surface area contributed by atoms with Crippen LogP contribution in [-0.2, 0) is 11.2 Å². The first-order valence-corrected chi connectivity index (χ1v) is 7.92. The Morgan fingerprint density at radius 3 is 2.46 bits per heavy atom. The van der Waals surface area contributed by atoms with E-state index in [1.807, 2.05) is 42.5 Å². The highest BCUT2D eigenvalue weighted by atomic mass is 16.5. The highest BCUT2D eigenvalue weighted by Crippen LogP contribution is 2.46. The van der Waals surface area contributed by atoms with E-state index in [0.29, 0.717) is 5.75 Å². The average molecular weight is 312 g/mol. The van der Waals surface area contributed by atoms with Crippen LogP contribution in [-0.4, -0.2) is 5.97 Å². The summed E-state index contributed by atoms with van der Waals surface area (Å²) in [6.45, 7) is 3.49. The van der Waals surface area contributed by atoms with E-state index in [4.69, 9.17) is 4.74 Å². The zero-order valence-electron chi connectivity index (χ0n) is 13.2. The molecule has 116 valence electrons. The van der Waals surface area contributed by atoms with E-state index in [2.05, 4.69) is 30.8 Å². The van der Waals surface area contributed by atoms with Crippen LogP contribution in [0, 0.1) is 0 Å². The Morgan fingerprint density at radius 1 is 0.917 bits per heavy atom. The van der Waals surface area contributed by atoms with Gasteiger partial charge in [-0.1, -0.05) is 67.2 Å². The van der Waals surface area contributed by atoms with Crippen LogP contribution in [0.1, 0.15) is 11.1 Å². The molecular weight excluding hydrogens is 296 g/mol. The zero-order chi connectivity index (χ0) is 16.5. The maximum Gasteiger partial charge on any atom is 0.335 e. The van der Waals surface area contributed by atoms with E-state index in [1.165, 1.54) is 28.3 Å². The van der Waals surface area contributed by atoms with Crippen molar-refractivity contribution in [2.75, 3.05) is 0 Å². The van der Waals surface area contributed by atoms with Gasteiger partial charge in [0, 0.05) is 11.6 Å². The van der Waals surface area contributed by atoms with Gasteiger partial charge in [0.05, 0.1) is 0 Å². The molecule has 3 aromatic rings. The SMILES string of the molecule is C=CC(=O)Oc1ccc(-c2ccccc2)c2c1-c1ccccc1C2. The van der Waals surface area contributed by atoms with Gasteiger partial charge in [-0.3, -0.25) is 0 Å². The molecule has 4 rings (SSSR count). The average Bonchev–Trinajstić information content (AvgIpc) is 3.02. The third-order valence-corrected chi connectivity index (χ3v) is 4.39. The predicted octanol–water partition coefficient (Wildman–Crippen LogP) is 5.02. The Hall–Kier alpha value is -3.13. The van der Waals surface area contributed by atoms with E-state index < -0.39 is 5.97 Å². The lowest BCUT2D eigenvalue weighted by atomic mass is 9.95. The minimum absolute atomic E-state index is 0.436. The molecule has 0 unspecified atom stereocenters. The molecule has 0 fully saturated rings. The molecular formula is C22H16O2. The van der Waals surface area contributed by atoms with Crippen molar-refractivity contribution in [1.29, 1.82) is 0 Å². The molecule has 0 aliphatic heterocycles. The molecule has 0 bridgehead atoms. The lowest BCUT2D eigenvalue weighted by molar-refractivity contribution is -0.128. The van der Waals surface area contributed by atoms with Crippen molar-refractivity contribution in [3.05, 3.63) is 90.5 Å². The molecule has 0 amide bonds. The molecule has 0 spiro atoms. The fourth-order valence-electron chi connectivity index (χ4n) is 3.34. The number of fused-ring (bicyclic) bond motifs is 3. The summed E-state index contributed by atoms with van der Waals surface area (Å²) in [7, 11) is 0. The van der Waals surface area contributed by atoms with Crippen LogP contribution >= 0.6 is 0 Å². The maximum atomic E-state index is 11.7. The van der Waals surface area contributed by atoms with Crippen molar-refractivity contribution >= 4 is 5.97 Å². The van der Waals surface area contributed by atoms with Gasteiger partial charge in [-0.05, 0) is 40.3 Å². The van der Waals surface area contributed by atoms with Gasteiger partial charge >= 0.3 is 5.97 Å². The summed E-state index contributed by atoms with van der Waals surface area (Å²) in [5, 5.41) is 0. The maximum absolute atomic E-state index is 11.7. The number of ether oxygens (including phenoxy) is 1. The van der Waals surface area contributed by atoms with E-state index in [0.717, 1.165) is 17.5 Å². The molecule has 0 heterocycles. The molecule has 2 heteroatoms. The number of hydrogen-bond acceptors (Lipinski definition) is 2. The molecule has 0 atom stereocenters. The van der Waals surface area contributed by atoms with Crippen LogP contribution in [0.4, 0.5) is 0 Å². The predicted molar refractivity (Wildman–Crippen MR) is 96.0 cm³/mol. The van der Waals surface area contributed by atoms with Crippen molar-refractivity contribution in [3.63, 3.8) is 0 Å². The Balaban J connectivity index is 1.94. The number of benzene rings is 3. The van der Waals surface area contributed by atoms with E-state index >= 15 is 0 Å². The largest absolute Gasteiger partial charge is 0.423 e. The second-order valence-corrected chi connectivity index (χ2v) is 5.79. The van der Waals surface area contributed by atoms with E-state index in [1.54, 1.807) is 0 Å². The number of carbonyl (C=O) groups is 1. The normalized spacial score (nSPS) is 11.5. The van der Waals surface area contributed by atoms with Crippen LogP contribution in [0.2, 0.25) is 0 Å². The topological polar surface area (TPSA) is 26.3 Å². The second kappa shape index (κ2) is 5.82. The van der Waals surface area contributed by atoms with E-state index in [9.17, 15) is 4.79 Å². The van der Waals surface area contributed by atoms with Gasteiger partial charge in [0.1, 0.15) is 5.75 Å². The molecule has 0 N–H and O–H groups in total. The minimum atomic E-state index is -0.436. The van der Waals surface area contributed by atoms with Crippen molar-refractivity contribution in [1.82, 2.24) is 0 Å². The quantitative estimate of drug-likeness (QED) is 0.302. The summed E-state index contributed by atoms with van der Waals surface area (Å²) in [4.78, 5) is 11.7. The van der Waals surface area contributed by atoms with Gasteiger partial charge < -0.3 is 4.74 Å². The summed E-state index contributed by atoms with van der Waals surface area (Å²) in [6.07, 6.45) is 2.04. The van der Waals surface area contributed by atoms with Gasteiger partial charge in [-0.2, -0.15) is 0 Å². The van der Waals surface area contributed by atoms with Crippen LogP contribution in [0.15, 0.2) is 79.4 Å². The summed E-state index contributed by atoms with van der Waals surface area (Å²) in [5.74, 6) is 0.161. The van der Waals surface area contributed by atoms with Crippen molar-refractivity contribution < 1.29 is 9.53 Å². The third kappa shape index (κ3) is 2.33. The molecule has 2 nitrogen and oxygen atoms in total. The molecule has 24 heavy (non-hydrogen) atoms. The zero-order valence-corrected chi connectivity index (χ0v) is 13.2. The van der Waals surface area contributed by atoms with Gasteiger partial charge in [0.15, 0.2) is 0 Å². The van der Waals surface area contributed by atoms with Crippen LogP contribution in [0.3, 0.4) is 0 Å². The summed E-state index contributed by atoms with van der Waals surface area (Å²) in [5.41, 5.74) is 6.96. The molecule has 0 saturated carbocycles. The summed E-state index contributed by atoms with van der Waals surface area (Å²) < 4.78 is 5.50. The standard InChI is InChI=1S/C22H16O2/c1-2-21(23)24-20-13-12-17(15-8-4-3-5-9-15)19-14-16-10-6-7-11-18(16)22(19)20/h2-13H,1,14H2. The third-order valence-electron chi connectivity index (χ3n) is 4.39. The first-order chi connectivity index (χ1) is 11.8. The molecule has 0 radical (unpaired) electrons. The number of rotatable bonds is 3. The monoisotopic (exact) mass is 312 g/mol. The van der Waals surface area contributed by atoms with Gasteiger partial charge in [-0.25, -0.2) is 4.79 Å². The smallest absolute Gasteiger partial charge is 0.335 e. The van der Waals surface area contributed by atoms with Crippen LogP contribution in [0.25, 0.3) is 22.3 Å². The fourth-order valence-corrected chi connectivity index (χ4v) is 3.34. The molecule has 3 aromatic carbocycles. The Labute approximate surface area is 141 Å². The Bertz CT molecular complexity index is 939. The van der Waals surface area contributed by atoms with E-state index in [-0.39, 0.29) is 0 Å². The molecule has 0 aromatic heterocycles. The molecule has 1 aliphatic rings.